The van der Waals surface area contributed by atoms with Crippen LogP contribution in [0.5, 0.6) is 0 Å². The molecule has 0 bridgehead atoms. The van der Waals surface area contributed by atoms with Gasteiger partial charge in [0.1, 0.15) is 10.7 Å². The maximum atomic E-state index is 12.5. The summed E-state index contributed by atoms with van der Waals surface area (Å²) in [4.78, 5) is 21.2. The lowest BCUT2D eigenvalue weighted by atomic mass is 10.1. The van der Waals surface area contributed by atoms with Gasteiger partial charge in [-0.25, -0.2) is 4.98 Å². The maximum absolute atomic E-state index is 12.5. The standard InChI is InChI=1S/C13H21N5O2S/c14-9-2-4-18(6-9)13-16-11(15)10(21-13)12(20)17-3-1-8(5-17)7-19/h8-9,19H,1-7,14-15H2. The van der Waals surface area contributed by atoms with Crippen LogP contribution in [-0.4, -0.2) is 59.7 Å². The van der Waals surface area contributed by atoms with E-state index in [-0.39, 0.29) is 24.5 Å². The highest BCUT2D eigenvalue weighted by Gasteiger charge is 2.30. The highest BCUT2D eigenvalue weighted by Crippen LogP contribution is 2.32. The van der Waals surface area contributed by atoms with Gasteiger partial charge in [-0.3, -0.25) is 4.79 Å². The van der Waals surface area contributed by atoms with Crippen molar-refractivity contribution in [1.82, 2.24) is 9.88 Å². The van der Waals surface area contributed by atoms with Crippen LogP contribution in [0.25, 0.3) is 0 Å². The van der Waals surface area contributed by atoms with Crippen LogP contribution in [-0.2, 0) is 0 Å². The monoisotopic (exact) mass is 311 g/mol. The van der Waals surface area contributed by atoms with Crippen molar-refractivity contribution in [3.63, 3.8) is 0 Å². The Morgan fingerprint density at radius 3 is 2.81 bits per heavy atom. The number of hydrogen-bond acceptors (Lipinski definition) is 7. The average Bonchev–Trinajstić information content (AvgIpc) is 3.17. The first-order valence-electron chi connectivity index (χ1n) is 7.25. The first-order valence-corrected chi connectivity index (χ1v) is 8.07. The lowest BCUT2D eigenvalue weighted by Gasteiger charge is -2.15. The van der Waals surface area contributed by atoms with Crippen LogP contribution in [0.2, 0.25) is 0 Å². The zero-order valence-electron chi connectivity index (χ0n) is 11.9. The topological polar surface area (TPSA) is 109 Å². The average molecular weight is 311 g/mol. The summed E-state index contributed by atoms with van der Waals surface area (Å²) in [5.41, 5.74) is 11.8. The van der Waals surface area contributed by atoms with Gasteiger partial charge in [-0.2, -0.15) is 0 Å². The number of thiazole rings is 1. The van der Waals surface area contributed by atoms with Gasteiger partial charge in [0.15, 0.2) is 5.13 Å². The molecule has 2 aliphatic heterocycles. The van der Waals surface area contributed by atoms with E-state index in [9.17, 15) is 9.90 Å². The number of nitrogens with zero attached hydrogens (tertiary/aromatic N) is 3. The minimum Gasteiger partial charge on any atom is -0.396 e. The second-order valence-electron chi connectivity index (χ2n) is 5.79. The normalized spacial score (nSPS) is 25.8. The zero-order chi connectivity index (χ0) is 15.0. The lowest BCUT2D eigenvalue weighted by molar-refractivity contribution is 0.0787. The molecule has 0 radical (unpaired) electrons. The quantitative estimate of drug-likeness (QED) is 0.708. The Balaban J connectivity index is 1.73. The van der Waals surface area contributed by atoms with Crippen molar-refractivity contribution in [2.24, 2.45) is 11.7 Å². The molecule has 3 heterocycles. The van der Waals surface area contributed by atoms with Crippen LogP contribution in [0.4, 0.5) is 10.9 Å². The molecule has 5 N–H and O–H groups in total. The van der Waals surface area contributed by atoms with Gasteiger partial charge in [-0.05, 0) is 12.8 Å². The Bertz CT molecular complexity index is 535. The smallest absolute Gasteiger partial charge is 0.267 e. The van der Waals surface area contributed by atoms with E-state index in [0.717, 1.165) is 31.1 Å². The minimum atomic E-state index is -0.0734. The summed E-state index contributed by atoms with van der Waals surface area (Å²) in [6.45, 7) is 3.01. The molecule has 21 heavy (non-hydrogen) atoms. The predicted molar refractivity (Wildman–Crippen MR) is 82.4 cm³/mol. The third kappa shape index (κ3) is 2.83. The molecule has 2 aliphatic rings. The van der Waals surface area contributed by atoms with Gasteiger partial charge in [0.2, 0.25) is 0 Å². The van der Waals surface area contributed by atoms with Crippen molar-refractivity contribution in [3.8, 4) is 0 Å². The number of rotatable bonds is 3. The fourth-order valence-corrected chi connectivity index (χ4v) is 3.87. The number of hydrogen-bond donors (Lipinski definition) is 3. The van der Waals surface area contributed by atoms with E-state index >= 15 is 0 Å². The molecule has 0 spiro atoms. The molecule has 1 aromatic heterocycles. The van der Waals surface area contributed by atoms with Crippen LogP contribution < -0.4 is 16.4 Å². The second kappa shape index (κ2) is 5.78. The molecule has 2 unspecified atom stereocenters. The Hall–Kier alpha value is -1.38. The molecule has 8 heteroatoms. The van der Waals surface area contributed by atoms with Gasteiger partial charge in [-0.1, -0.05) is 11.3 Å². The van der Waals surface area contributed by atoms with E-state index in [2.05, 4.69) is 9.88 Å². The molecule has 0 saturated carbocycles. The molecule has 3 rings (SSSR count). The zero-order valence-corrected chi connectivity index (χ0v) is 12.7. The fraction of sp³-hybridized carbons (Fsp3) is 0.692. The minimum absolute atomic E-state index is 0.0734. The Labute approximate surface area is 127 Å². The number of aromatic nitrogens is 1. The Kier molecular flexibility index (Phi) is 4.01. The lowest BCUT2D eigenvalue weighted by Crippen LogP contribution is -2.29. The van der Waals surface area contributed by atoms with Gasteiger partial charge in [0.25, 0.3) is 5.91 Å². The summed E-state index contributed by atoms with van der Waals surface area (Å²) < 4.78 is 0. The summed E-state index contributed by atoms with van der Waals surface area (Å²) in [6.07, 6.45) is 1.78. The van der Waals surface area contributed by atoms with Gasteiger partial charge in [-0.15, -0.1) is 0 Å². The molecule has 116 valence electrons. The highest BCUT2D eigenvalue weighted by molar-refractivity contribution is 7.18. The molecule has 1 amide bonds. The highest BCUT2D eigenvalue weighted by atomic mass is 32.1. The van der Waals surface area contributed by atoms with E-state index in [4.69, 9.17) is 11.5 Å². The second-order valence-corrected chi connectivity index (χ2v) is 6.77. The van der Waals surface area contributed by atoms with Crippen molar-refractivity contribution in [2.45, 2.75) is 18.9 Å². The summed E-state index contributed by atoms with van der Waals surface area (Å²) in [5.74, 6) is 0.405. The molecule has 2 fully saturated rings. The molecule has 7 nitrogen and oxygen atoms in total. The van der Waals surface area contributed by atoms with Crippen LogP contribution in [0.3, 0.4) is 0 Å². The SMILES string of the molecule is Nc1nc(N2CCC(N)C2)sc1C(=O)N1CCC(CO)C1. The number of carbonyl (C=O) groups is 1. The number of carbonyl (C=O) groups excluding carboxylic acids is 1. The molecule has 0 aromatic carbocycles. The van der Waals surface area contributed by atoms with Crippen molar-refractivity contribution in [3.05, 3.63) is 4.88 Å². The van der Waals surface area contributed by atoms with E-state index in [1.807, 2.05) is 0 Å². The third-order valence-corrected chi connectivity index (χ3v) is 5.28. The van der Waals surface area contributed by atoms with Gasteiger partial charge in [0.05, 0.1) is 0 Å². The maximum Gasteiger partial charge on any atom is 0.267 e. The van der Waals surface area contributed by atoms with Crippen molar-refractivity contribution < 1.29 is 9.90 Å². The van der Waals surface area contributed by atoms with Crippen LogP contribution in [0, 0.1) is 5.92 Å². The molecular weight excluding hydrogens is 290 g/mol. The summed E-state index contributed by atoms with van der Waals surface area (Å²) in [5, 5.41) is 9.95. The number of aliphatic hydroxyl groups is 1. The van der Waals surface area contributed by atoms with E-state index in [1.165, 1.54) is 11.3 Å². The first kappa shape index (κ1) is 14.6. The summed E-state index contributed by atoms with van der Waals surface area (Å²) >= 11 is 1.34. The van der Waals surface area contributed by atoms with Crippen molar-refractivity contribution in [2.75, 3.05) is 43.4 Å². The Morgan fingerprint density at radius 1 is 1.38 bits per heavy atom. The van der Waals surface area contributed by atoms with Gasteiger partial charge in [0, 0.05) is 44.7 Å². The summed E-state index contributed by atoms with van der Waals surface area (Å²) in [7, 11) is 0. The van der Waals surface area contributed by atoms with Crippen molar-refractivity contribution >= 4 is 28.2 Å². The number of anilines is 2. The molecule has 2 atom stereocenters. The van der Waals surface area contributed by atoms with Crippen LogP contribution >= 0.6 is 11.3 Å². The van der Waals surface area contributed by atoms with E-state index in [1.54, 1.807) is 4.90 Å². The molecular formula is C13H21N5O2S. The van der Waals surface area contributed by atoms with Gasteiger partial charge < -0.3 is 26.4 Å². The van der Waals surface area contributed by atoms with Gasteiger partial charge >= 0.3 is 0 Å². The first-order chi connectivity index (χ1) is 10.1. The van der Waals surface area contributed by atoms with Crippen LogP contribution in [0.15, 0.2) is 0 Å². The number of likely N-dealkylation sites (tertiary alicyclic amines) is 1. The molecule has 2 saturated heterocycles. The van der Waals surface area contributed by atoms with E-state index < -0.39 is 0 Å². The van der Waals surface area contributed by atoms with E-state index in [0.29, 0.717) is 23.8 Å². The predicted octanol–water partition coefficient (Wildman–Crippen LogP) is -0.283. The fourth-order valence-electron chi connectivity index (χ4n) is 2.88. The Morgan fingerprint density at radius 2 is 2.19 bits per heavy atom. The summed E-state index contributed by atoms with van der Waals surface area (Å²) in [6, 6.07) is 0.165. The third-order valence-electron chi connectivity index (χ3n) is 4.16. The number of amides is 1. The van der Waals surface area contributed by atoms with Crippen molar-refractivity contribution in [1.29, 1.82) is 0 Å². The number of aliphatic hydroxyl groups excluding tert-OH is 1. The van der Waals surface area contributed by atoms with Crippen LogP contribution in [0.1, 0.15) is 22.5 Å². The molecule has 0 aliphatic carbocycles. The molecule has 1 aromatic rings. The largest absolute Gasteiger partial charge is 0.396 e. The number of nitrogen functional groups attached to an aromatic ring is 1. The number of nitrogens with two attached hydrogens (primary N) is 2.